The first-order chi connectivity index (χ1) is 11.9. The lowest BCUT2D eigenvalue weighted by atomic mass is 10.2. The van der Waals surface area contributed by atoms with Crippen LogP contribution in [0.5, 0.6) is 11.5 Å². The van der Waals surface area contributed by atoms with E-state index in [2.05, 4.69) is 15.9 Å². The van der Waals surface area contributed by atoms with Crippen molar-refractivity contribution in [3.05, 3.63) is 51.5 Å². The van der Waals surface area contributed by atoms with Crippen molar-refractivity contribution in [2.75, 3.05) is 13.2 Å². The van der Waals surface area contributed by atoms with Crippen LogP contribution in [0.15, 0.2) is 45.8 Å². The minimum atomic E-state index is -4.00. The number of amides is 1. The van der Waals surface area contributed by atoms with Crippen molar-refractivity contribution < 1.29 is 22.7 Å². The molecule has 2 aromatic carbocycles. The smallest absolute Gasteiger partial charge is 0.265 e. The lowest BCUT2D eigenvalue weighted by Gasteiger charge is -2.12. The Morgan fingerprint density at radius 1 is 1.12 bits per heavy atom. The molecule has 0 saturated heterocycles. The van der Waals surface area contributed by atoms with Crippen molar-refractivity contribution in [1.29, 1.82) is 0 Å². The van der Waals surface area contributed by atoms with E-state index in [1.165, 1.54) is 24.3 Å². The lowest BCUT2D eigenvalue weighted by Crippen LogP contribution is -2.30. The van der Waals surface area contributed by atoms with Gasteiger partial charge in [0.1, 0.15) is 0 Å². The Hall–Kier alpha value is -1.77. The lowest BCUT2D eigenvalue weighted by molar-refractivity contribution is 0.0981. The van der Waals surface area contributed by atoms with Crippen LogP contribution in [0.1, 0.15) is 16.8 Å². The Kier molecular flexibility index (Phi) is 5.21. The average Bonchev–Trinajstić information content (AvgIpc) is 2.80. The number of carbonyl (C=O) groups is 1. The maximum atomic E-state index is 12.4. The van der Waals surface area contributed by atoms with Crippen molar-refractivity contribution in [3.8, 4) is 11.5 Å². The van der Waals surface area contributed by atoms with Gasteiger partial charge in [-0.1, -0.05) is 27.5 Å². The average molecular weight is 447 g/mol. The molecule has 1 amide bonds. The molecule has 0 bridgehead atoms. The molecule has 0 saturated carbocycles. The van der Waals surface area contributed by atoms with Gasteiger partial charge in [-0.05, 0) is 36.4 Å². The highest BCUT2D eigenvalue weighted by atomic mass is 79.9. The molecule has 0 spiro atoms. The van der Waals surface area contributed by atoms with Crippen LogP contribution in [0.25, 0.3) is 0 Å². The van der Waals surface area contributed by atoms with Crippen molar-refractivity contribution >= 4 is 43.5 Å². The summed E-state index contributed by atoms with van der Waals surface area (Å²) in [6.45, 7) is 0.877. The van der Waals surface area contributed by atoms with Gasteiger partial charge in [-0.25, -0.2) is 13.1 Å². The molecule has 2 aromatic rings. The summed E-state index contributed by atoms with van der Waals surface area (Å²) in [5, 5.41) is 0.186. The number of carbonyl (C=O) groups excluding carboxylic acids is 1. The Labute approximate surface area is 158 Å². The highest BCUT2D eigenvalue weighted by Gasteiger charge is 2.22. The van der Waals surface area contributed by atoms with Crippen molar-refractivity contribution in [2.24, 2.45) is 0 Å². The second-order valence-corrected chi connectivity index (χ2v) is 8.23. The number of nitrogens with one attached hydrogen (secondary N) is 1. The molecule has 0 unspecified atom stereocenters. The Morgan fingerprint density at radius 2 is 1.80 bits per heavy atom. The molecule has 1 N–H and O–H groups in total. The summed E-state index contributed by atoms with van der Waals surface area (Å²) in [5.41, 5.74) is 0.0648. The van der Waals surface area contributed by atoms with E-state index in [4.69, 9.17) is 21.1 Å². The zero-order chi connectivity index (χ0) is 18.0. The van der Waals surface area contributed by atoms with Gasteiger partial charge in [0, 0.05) is 16.5 Å². The van der Waals surface area contributed by atoms with Crippen LogP contribution in [-0.2, 0) is 10.0 Å². The van der Waals surface area contributed by atoms with Gasteiger partial charge >= 0.3 is 0 Å². The molecule has 0 fully saturated rings. The normalized spacial score (nSPS) is 13.8. The fourth-order valence-electron chi connectivity index (χ4n) is 2.22. The van der Waals surface area contributed by atoms with Gasteiger partial charge < -0.3 is 9.47 Å². The Bertz CT molecular complexity index is 915. The number of halogens is 2. The molecule has 1 aliphatic heterocycles. The van der Waals surface area contributed by atoms with Crippen LogP contribution in [0.2, 0.25) is 5.02 Å². The number of benzene rings is 2. The summed E-state index contributed by atoms with van der Waals surface area (Å²) in [4.78, 5) is 12.3. The van der Waals surface area contributed by atoms with Gasteiger partial charge in [0.25, 0.3) is 15.9 Å². The molecule has 0 atom stereocenters. The Balaban J connectivity index is 1.87. The van der Waals surface area contributed by atoms with Crippen LogP contribution >= 0.6 is 27.5 Å². The van der Waals surface area contributed by atoms with Crippen LogP contribution in [0, 0.1) is 0 Å². The van der Waals surface area contributed by atoms with Gasteiger partial charge in [0.15, 0.2) is 11.5 Å². The van der Waals surface area contributed by atoms with E-state index < -0.39 is 15.9 Å². The molecule has 1 heterocycles. The highest BCUT2D eigenvalue weighted by Crippen LogP contribution is 2.38. The summed E-state index contributed by atoms with van der Waals surface area (Å²) in [7, 11) is -4.00. The van der Waals surface area contributed by atoms with Gasteiger partial charge in [-0.3, -0.25) is 4.79 Å². The minimum absolute atomic E-state index is 0.0236. The van der Waals surface area contributed by atoms with Crippen molar-refractivity contribution in [2.45, 2.75) is 11.3 Å². The zero-order valence-electron chi connectivity index (χ0n) is 12.8. The number of fused-ring (bicyclic) bond motifs is 1. The Morgan fingerprint density at radius 3 is 2.52 bits per heavy atom. The van der Waals surface area contributed by atoms with E-state index in [9.17, 15) is 13.2 Å². The van der Waals surface area contributed by atoms with Crippen LogP contribution in [0.4, 0.5) is 0 Å². The van der Waals surface area contributed by atoms with E-state index in [-0.39, 0.29) is 15.5 Å². The van der Waals surface area contributed by atoms with Gasteiger partial charge in [-0.15, -0.1) is 0 Å². The van der Waals surface area contributed by atoms with Crippen molar-refractivity contribution in [3.63, 3.8) is 0 Å². The number of ether oxygens (including phenoxy) is 2. The number of rotatable bonds is 3. The number of hydrogen-bond donors (Lipinski definition) is 1. The molecule has 3 rings (SSSR count). The van der Waals surface area contributed by atoms with Crippen molar-refractivity contribution in [1.82, 2.24) is 4.72 Å². The fraction of sp³-hybridized carbons (Fsp3) is 0.188. The molecule has 6 nitrogen and oxygen atoms in total. The molecule has 0 radical (unpaired) electrons. The van der Waals surface area contributed by atoms with E-state index in [1.807, 2.05) is 4.72 Å². The second kappa shape index (κ2) is 7.23. The first-order valence-electron chi connectivity index (χ1n) is 7.29. The van der Waals surface area contributed by atoms with Gasteiger partial charge in [-0.2, -0.15) is 0 Å². The van der Waals surface area contributed by atoms with Crippen LogP contribution in [-0.4, -0.2) is 27.5 Å². The zero-order valence-corrected chi connectivity index (χ0v) is 15.9. The molecule has 0 aromatic heterocycles. The summed E-state index contributed by atoms with van der Waals surface area (Å²) >= 11 is 9.36. The van der Waals surface area contributed by atoms with Crippen LogP contribution in [0.3, 0.4) is 0 Å². The van der Waals surface area contributed by atoms with Gasteiger partial charge in [0.2, 0.25) is 0 Å². The molecular weight excluding hydrogens is 434 g/mol. The first kappa shape index (κ1) is 18.0. The van der Waals surface area contributed by atoms with E-state index >= 15 is 0 Å². The third-order valence-electron chi connectivity index (χ3n) is 3.42. The van der Waals surface area contributed by atoms with Gasteiger partial charge in [0.05, 0.1) is 23.1 Å². The number of hydrogen-bond acceptors (Lipinski definition) is 5. The summed E-state index contributed by atoms with van der Waals surface area (Å²) < 4.78 is 38.4. The molecule has 9 heteroatoms. The first-order valence-corrected chi connectivity index (χ1v) is 9.94. The quantitative estimate of drug-likeness (QED) is 0.782. The standard InChI is InChI=1S/C16H13BrClNO5S/c17-11-2-4-12(5-3-11)25(21,22)19-16(20)10-8-13(18)15-14(9-10)23-6-1-7-24-15/h2-5,8-9H,1,6-7H2,(H,19,20). The van der Waals surface area contributed by atoms with E-state index in [0.717, 1.165) is 4.47 Å². The van der Waals surface area contributed by atoms with E-state index in [1.54, 1.807) is 12.1 Å². The maximum Gasteiger partial charge on any atom is 0.265 e. The predicted octanol–water partition coefficient (Wildman–Crippen LogP) is 3.38. The second-order valence-electron chi connectivity index (χ2n) is 5.22. The van der Waals surface area contributed by atoms with E-state index in [0.29, 0.717) is 31.1 Å². The largest absolute Gasteiger partial charge is 0.489 e. The molecule has 0 aliphatic carbocycles. The summed E-state index contributed by atoms with van der Waals surface area (Å²) in [6, 6.07) is 8.69. The molecule has 132 valence electrons. The number of sulfonamides is 1. The summed E-state index contributed by atoms with van der Waals surface area (Å²) in [6.07, 6.45) is 0.685. The van der Waals surface area contributed by atoms with Crippen LogP contribution < -0.4 is 14.2 Å². The third-order valence-corrected chi connectivity index (χ3v) is 5.57. The molecular formula is C16H13BrClNO5S. The fourth-order valence-corrected chi connectivity index (χ4v) is 3.72. The predicted molar refractivity (Wildman–Crippen MR) is 95.9 cm³/mol. The summed E-state index contributed by atoms with van der Waals surface area (Å²) in [5.74, 6) is -0.136. The highest BCUT2D eigenvalue weighted by molar-refractivity contribution is 9.10. The maximum absolute atomic E-state index is 12.4. The molecule has 1 aliphatic rings. The SMILES string of the molecule is O=C(NS(=O)(=O)c1ccc(Br)cc1)c1cc(Cl)c2c(c1)OCCCO2. The topological polar surface area (TPSA) is 81.7 Å². The minimum Gasteiger partial charge on any atom is -0.489 e. The monoisotopic (exact) mass is 445 g/mol. The molecule has 25 heavy (non-hydrogen) atoms. The third kappa shape index (κ3) is 4.08.